The molecule has 66 heavy (non-hydrogen) atoms. The first kappa shape index (κ1) is 39.5. The third kappa shape index (κ3) is 6.75. The molecular weight excluding hydrogens is 796 g/mol. The van der Waals surface area contributed by atoms with Crippen LogP contribution in [0.15, 0.2) is 249 Å². The normalized spacial score (nSPS) is 12.6. The number of fused-ring (bicyclic) bond motifs is 4. The van der Waals surface area contributed by atoms with E-state index in [9.17, 15) is 0 Å². The van der Waals surface area contributed by atoms with Gasteiger partial charge in [-0.3, -0.25) is 0 Å². The van der Waals surface area contributed by atoms with Gasteiger partial charge in [-0.15, -0.1) is 0 Å². The first-order chi connectivity index (χ1) is 32.5. The Bertz CT molecular complexity index is 3150. The Hall–Kier alpha value is -8.14. The van der Waals surface area contributed by atoms with Gasteiger partial charge in [0.05, 0.1) is 0 Å². The van der Waals surface area contributed by atoms with Crippen molar-refractivity contribution in [1.29, 1.82) is 0 Å². The number of anilines is 6. The maximum Gasteiger partial charge on any atom is 0.252 e. The van der Waals surface area contributed by atoms with E-state index in [1.54, 1.807) is 0 Å². The van der Waals surface area contributed by atoms with Gasteiger partial charge in [-0.25, -0.2) is 0 Å². The van der Waals surface area contributed by atoms with Crippen molar-refractivity contribution in [3.05, 3.63) is 260 Å². The quantitative estimate of drug-likeness (QED) is 0.141. The molecule has 0 fully saturated rings. The van der Waals surface area contributed by atoms with Crippen molar-refractivity contribution in [2.45, 2.75) is 19.3 Å². The second-order valence-corrected chi connectivity index (χ2v) is 18.1. The summed E-state index contributed by atoms with van der Waals surface area (Å²) in [7, 11) is 0. The molecule has 0 radical (unpaired) electrons. The fourth-order valence-corrected chi connectivity index (χ4v) is 10.4. The van der Waals surface area contributed by atoms with Crippen LogP contribution >= 0.6 is 0 Å². The highest BCUT2D eigenvalue weighted by atomic mass is 15.2. The predicted octanol–water partition coefficient (Wildman–Crippen LogP) is 14.8. The lowest BCUT2D eigenvalue weighted by Gasteiger charge is -2.45. The smallest absolute Gasteiger partial charge is 0.252 e. The molecule has 0 saturated carbocycles. The van der Waals surface area contributed by atoms with Crippen LogP contribution in [0.1, 0.15) is 25.0 Å². The molecule has 0 aromatic heterocycles. The SMILES string of the molecule is CC(C)(c1ccccc1)c1cc2c3c(c1)N(c1ccc(-c4ccccc4)cc1)c1ccc(-c4ccccc4)cc1B3c1cc(-c3ccccc3)ccc1N2c1ccc(-c2ccccc2)cc1. The van der Waals surface area contributed by atoms with Crippen LogP contribution < -0.4 is 26.2 Å². The summed E-state index contributed by atoms with van der Waals surface area (Å²) in [5.74, 6) is 0. The topological polar surface area (TPSA) is 6.48 Å². The van der Waals surface area contributed by atoms with Gasteiger partial charge in [0.15, 0.2) is 0 Å². The molecule has 0 bridgehead atoms. The highest BCUT2D eigenvalue weighted by molar-refractivity contribution is 7.00. The van der Waals surface area contributed by atoms with E-state index >= 15 is 0 Å². The van der Waals surface area contributed by atoms with E-state index in [2.05, 4.69) is 272 Å². The first-order valence-corrected chi connectivity index (χ1v) is 23.0. The summed E-state index contributed by atoms with van der Waals surface area (Å²) in [6.45, 7) is 4.69. The zero-order valence-electron chi connectivity index (χ0n) is 37.1. The van der Waals surface area contributed by atoms with Crippen molar-refractivity contribution in [3.63, 3.8) is 0 Å². The van der Waals surface area contributed by atoms with Gasteiger partial charge in [-0.1, -0.05) is 214 Å². The minimum Gasteiger partial charge on any atom is -0.311 e. The summed E-state index contributed by atoms with van der Waals surface area (Å²) in [6.07, 6.45) is 0. The molecule has 2 aliphatic heterocycles. The highest BCUT2D eigenvalue weighted by Gasteiger charge is 2.45. The van der Waals surface area contributed by atoms with Gasteiger partial charge in [0.1, 0.15) is 0 Å². The Morgan fingerprint density at radius 2 is 0.606 bits per heavy atom. The predicted molar refractivity (Wildman–Crippen MR) is 281 cm³/mol. The Morgan fingerprint density at radius 3 is 0.985 bits per heavy atom. The van der Waals surface area contributed by atoms with Crippen molar-refractivity contribution in [2.75, 3.05) is 9.80 Å². The minimum absolute atomic E-state index is 0.0547. The standard InChI is InChI=1S/C63H47BN2/c1-63(2,52-26-16-7-17-27-52)53-42-60-62-61(43-53)66(55-36-30-49(31-37-55)45-20-10-4-11-21-45)59-39-33-51(47-24-14-6-15-25-47)41-57(59)64(62)56-40-50(46-22-12-5-13-23-46)32-38-58(56)65(60)54-34-28-48(29-35-54)44-18-8-3-9-19-44/h3-43H,1-2H3. The van der Waals surface area contributed by atoms with E-state index in [1.165, 1.54) is 94.8 Å². The van der Waals surface area contributed by atoms with Crippen LogP contribution in [0, 0.1) is 0 Å². The second-order valence-electron chi connectivity index (χ2n) is 18.1. The summed E-state index contributed by atoms with van der Waals surface area (Å²) in [5.41, 5.74) is 22.8. The maximum absolute atomic E-state index is 2.54. The third-order valence-corrected chi connectivity index (χ3v) is 14.0. The molecule has 0 atom stereocenters. The van der Waals surface area contributed by atoms with Crippen molar-refractivity contribution in [3.8, 4) is 44.5 Å². The van der Waals surface area contributed by atoms with Crippen LogP contribution in [-0.2, 0) is 5.41 Å². The van der Waals surface area contributed by atoms with Gasteiger partial charge in [0, 0.05) is 39.5 Å². The summed E-state index contributed by atoms with van der Waals surface area (Å²) in [4.78, 5) is 5.09. The largest absolute Gasteiger partial charge is 0.311 e. The lowest BCUT2D eigenvalue weighted by atomic mass is 9.33. The number of hydrogen-bond donors (Lipinski definition) is 0. The maximum atomic E-state index is 2.54. The zero-order chi connectivity index (χ0) is 44.2. The van der Waals surface area contributed by atoms with Crippen LogP contribution in [0.2, 0.25) is 0 Å². The fourth-order valence-electron chi connectivity index (χ4n) is 10.4. The van der Waals surface area contributed by atoms with Crippen LogP contribution in [0.5, 0.6) is 0 Å². The number of hydrogen-bond acceptors (Lipinski definition) is 2. The van der Waals surface area contributed by atoms with Gasteiger partial charge in [-0.2, -0.15) is 0 Å². The van der Waals surface area contributed by atoms with E-state index < -0.39 is 0 Å². The van der Waals surface area contributed by atoms with Gasteiger partial charge in [-0.05, 0) is 121 Å². The fraction of sp³-hybridized carbons (Fsp3) is 0.0476. The van der Waals surface area contributed by atoms with E-state index in [-0.39, 0.29) is 12.1 Å². The monoisotopic (exact) mass is 842 g/mol. The number of rotatable bonds is 8. The average Bonchev–Trinajstić information content (AvgIpc) is 3.39. The molecule has 12 rings (SSSR count). The van der Waals surface area contributed by atoms with Crippen LogP contribution in [0.25, 0.3) is 44.5 Å². The van der Waals surface area contributed by atoms with E-state index in [1.807, 2.05) is 0 Å². The molecule has 312 valence electrons. The molecule has 2 heterocycles. The van der Waals surface area contributed by atoms with E-state index in [4.69, 9.17) is 0 Å². The van der Waals surface area contributed by atoms with E-state index in [0.717, 1.165) is 11.4 Å². The highest BCUT2D eigenvalue weighted by Crippen LogP contribution is 2.48. The summed E-state index contributed by atoms with van der Waals surface area (Å²) in [6, 6.07) is 91.7. The van der Waals surface area contributed by atoms with Crippen molar-refractivity contribution < 1.29 is 0 Å². The number of nitrogens with zero attached hydrogens (tertiary/aromatic N) is 2. The Balaban J connectivity index is 1.16. The first-order valence-electron chi connectivity index (χ1n) is 23.0. The van der Waals surface area contributed by atoms with Gasteiger partial charge in [0.25, 0.3) is 6.71 Å². The number of benzene rings is 10. The molecule has 0 N–H and O–H groups in total. The average molecular weight is 843 g/mol. The Morgan fingerprint density at radius 1 is 0.288 bits per heavy atom. The van der Waals surface area contributed by atoms with Gasteiger partial charge >= 0.3 is 0 Å². The molecule has 10 aromatic rings. The Labute approximate surface area is 388 Å². The van der Waals surface area contributed by atoms with Crippen LogP contribution in [-0.4, -0.2) is 6.71 Å². The third-order valence-electron chi connectivity index (χ3n) is 14.0. The van der Waals surface area contributed by atoms with Gasteiger partial charge in [0.2, 0.25) is 0 Å². The molecule has 2 nitrogen and oxygen atoms in total. The van der Waals surface area contributed by atoms with Gasteiger partial charge < -0.3 is 9.80 Å². The molecule has 0 amide bonds. The van der Waals surface area contributed by atoms with Crippen molar-refractivity contribution >= 4 is 57.2 Å². The second kappa shape index (κ2) is 16.1. The minimum atomic E-state index is -0.317. The summed E-state index contributed by atoms with van der Waals surface area (Å²) in [5, 5.41) is 0. The van der Waals surface area contributed by atoms with Crippen LogP contribution in [0.4, 0.5) is 34.1 Å². The molecule has 0 spiro atoms. The molecule has 0 unspecified atom stereocenters. The Kier molecular flexibility index (Phi) is 9.65. The molecular formula is C63H47BN2. The van der Waals surface area contributed by atoms with Crippen LogP contribution in [0.3, 0.4) is 0 Å². The molecule has 3 heteroatoms. The van der Waals surface area contributed by atoms with E-state index in [0.29, 0.717) is 0 Å². The molecule has 0 aliphatic carbocycles. The molecule has 10 aromatic carbocycles. The summed E-state index contributed by atoms with van der Waals surface area (Å²) < 4.78 is 0. The molecule has 2 aliphatic rings. The van der Waals surface area contributed by atoms with Crippen molar-refractivity contribution in [2.24, 2.45) is 0 Å². The zero-order valence-corrected chi connectivity index (χ0v) is 37.1. The lowest BCUT2D eigenvalue weighted by molar-refractivity contribution is 0.641. The van der Waals surface area contributed by atoms with Crippen molar-refractivity contribution in [1.82, 2.24) is 0 Å². The lowest BCUT2D eigenvalue weighted by Crippen LogP contribution is -2.61. The summed E-state index contributed by atoms with van der Waals surface area (Å²) >= 11 is 0. The molecule has 0 saturated heterocycles.